The third kappa shape index (κ3) is 3.99. The Morgan fingerprint density at radius 1 is 1.42 bits per heavy atom. The second kappa shape index (κ2) is 8.05. The molecule has 2 heterocycles. The molecule has 1 N–H and O–H groups in total. The van der Waals surface area contributed by atoms with Crippen molar-refractivity contribution >= 4 is 44.4 Å². The summed E-state index contributed by atoms with van der Waals surface area (Å²) in [5, 5.41) is 3.11. The first kappa shape index (κ1) is 18.7. The Morgan fingerprint density at radius 2 is 2.23 bits per heavy atom. The minimum absolute atomic E-state index is 0.0743. The smallest absolute Gasteiger partial charge is 0.413 e. The number of methoxy groups -OCH3 is 1. The number of nitrogens with zero attached hydrogens (tertiary/aromatic N) is 2. The number of rotatable bonds is 4. The second-order valence-corrected chi connectivity index (χ2v) is 7.49. The maximum Gasteiger partial charge on any atom is 0.413 e. The van der Waals surface area contributed by atoms with Crippen molar-refractivity contribution in [1.29, 1.82) is 0 Å². The van der Waals surface area contributed by atoms with Gasteiger partial charge in [-0.25, -0.2) is 9.78 Å². The summed E-state index contributed by atoms with van der Waals surface area (Å²) in [6.07, 6.45) is 0.121. The number of benzene rings is 1. The van der Waals surface area contributed by atoms with Crippen LogP contribution in [-0.2, 0) is 17.7 Å². The van der Waals surface area contributed by atoms with Crippen molar-refractivity contribution in [2.75, 3.05) is 25.6 Å². The molecule has 0 unspecified atom stereocenters. The third-order valence-electron chi connectivity index (χ3n) is 3.91. The second-order valence-electron chi connectivity index (χ2n) is 5.56. The molecule has 2 amide bonds. The van der Waals surface area contributed by atoms with E-state index in [0.29, 0.717) is 42.6 Å². The first-order chi connectivity index (χ1) is 12.5. The largest absolute Gasteiger partial charge is 0.497 e. The Labute approximate surface area is 163 Å². The van der Waals surface area contributed by atoms with E-state index in [9.17, 15) is 9.59 Å². The van der Waals surface area contributed by atoms with Crippen LogP contribution in [0.25, 0.3) is 0 Å². The fraction of sp³-hybridized carbons (Fsp3) is 0.353. The standard InChI is InChI=1S/C17H18BrN3O4S/c1-3-25-17(23)20-16-19-13-6-7-21(9-14(13)26-16)15(22)11-8-10(24-2)4-5-12(11)18/h4-5,8H,3,6-7,9H2,1-2H3,(H,19,20,23). The minimum atomic E-state index is -0.521. The van der Waals surface area contributed by atoms with Crippen LogP contribution in [0, 0.1) is 0 Å². The Kier molecular flexibility index (Phi) is 5.77. The van der Waals surface area contributed by atoms with Crippen LogP contribution in [0.15, 0.2) is 22.7 Å². The zero-order chi connectivity index (χ0) is 18.7. The van der Waals surface area contributed by atoms with Crippen LogP contribution in [0.2, 0.25) is 0 Å². The molecule has 7 nitrogen and oxygen atoms in total. The van der Waals surface area contributed by atoms with Crippen molar-refractivity contribution in [3.63, 3.8) is 0 Å². The highest BCUT2D eigenvalue weighted by Crippen LogP contribution is 2.30. The van der Waals surface area contributed by atoms with Gasteiger partial charge in [-0.2, -0.15) is 0 Å². The van der Waals surface area contributed by atoms with Crippen molar-refractivity contribution in [1.82, 2.24) is 9.88 Å². The van der Waals surface area contributed by atoms with Gasteiger partial charge < -0.3 is 14.4 Å². The summed E-state index contributed by atoms with van der Waals surface area (Å²) in [6, 6.07) is 5.32. The molecule has 0 saturated carbocycles. The molecule has 1 aromatic carbocycles. The van der Waals surface area contributed by atoms with Crippen LogP contribution in [0.1, 0.15) is 27.9 Å². The molecule has 2 aromatic rings. The number of ether oxygens (including phenoxy) is 2. The average molecular weight is 440 g/mol. The molecule has 0 atom stereocenters. The van der Waals surface area contributed by atoms with Crippen molar-refractivity contribution in [3.05, 3.63) is 38.8 Å². The molecule has 3 rings (SSSR count). The summed E-state index contributed by atoms with van der Waals surface area (Å²) >= 11 is 4.79. The van der Waals surface area contributed by atoms with E-state index in [1.807, 2.05) is 0 Å². The quantitative estimate of drug-likeness (QED) is 0.785. The molecule has 0 fully saturated rings. The minimum Gasteiger partial charge on any atom is -0.497 e. The molecular weight excluding hydrogens is 422 g/mol. The van der Waals surface area contributed by atoms with Crippen molar-refractivity contribution < 1.29 is 19.1 Å². The van der Waals surface area contributed by atoms with E-state index in [0.717, 1.165) is 15.0 Å². The lowest BCUT2D eigenvalue weighted by atomic mass is 10.1. The van der Waals surface area contributed by atoms with E-state index >= 15 is 0 Å². The zero-order valence-electron chi connectivity index (χ0n) is 14.4. The highest BCUT2D eigenvalue weighted by molar-refractivity contribution is 9.10. The molecule has 0 radical (unpaired) electrons. The zero-order valence-corrected chi connectivity index (χ0v) is 16.8. The number of hydrogen-bond donors (Lipinski definition) is 1. The molecule has 1 aliphatic heterocycles. The maximum atomic E-state index is 12.9. The van der Waals surface area contributed by atoms with Gasteiger partial charge in [-0.3, -0.25) is 10.1 Å². The molecule has 9 heteroatoms. The Hall–Kier alpha value is -2.13. The van der Waals surface area contributed by atoms with Gasteiger partial charge in [0.05, 0.1) is 31.5 Å². The van der Waals surface area contributed by atoms with Gasteiger partial charge in [-0.15, -0.1) is 0 Å². The molecule has 1 aliphatic rings. The van der Waals surface area contributed by atoms with Gasteiger partial charge in [0.15, 0.2) is 5.13 Å². The number of amides is 2. The number of anilines is 1. The normalized spacial score (nSPS) is 13.1. The van der Waals surface area contributed by atoms with Crippen LogP contribution in [-0.4, -0.2) is 42.1 Å². The van der Waals surface area contributed by atoms with Crippen molar-refractivity contribution in [3.8, 4) is 5.75 Å². The summed E-state index contributed by atoms with van der Waals surface area (Å²) in [7, 11) is 1.57. The van der Waals surface area contributed by atoms with Gasteiger partial charge >= 0.3 is 6.09 Å². The van der Waals surface area contributed by atoms with Crippen LogP contribution < -0.4 is 10.1 Å². The van der Waals surface area contributed by atoms with Gasteiger partial charge in [0.25, 0.3) is 5.91 Å². The summed E-state index contributed by atoms with van der Waals surface area (Å²) in [5.74, 6) is 0.558. The Bertz CT molecular complexity index is 839. The van der Waals surface area contributed by atoms with Gasteiger partial charge in [-0.05, 0) is 41.1 Å². The van der Waals surface area contributed by atoms with E-state index < -0.39 is 6.09 Å². The number of hydrogen-bond acceptors (Lipinski definition) is 6. The molecular formula is C17H18BrN3O4S. The molecule has 0 saturated heterocycles. The fourth-order valence-electron chi connectivity index (χ4n) is 2.64. The van der Waals surface area contributed by atoms with Crippen molar-refractivity contribution in [2.24, 2.45) is 0 Å². The van der Waals surface area contributed by atoms with Crippen LogP contribution in [0.4, 0.5) is 9.93 Å². The number of fused-ring (bicyclic) bond motifs is 1. The average Bonchev–Trinajstić information content (AvgIpc) is 3.02. The number of carbonyl (C=O) groups excluding carboxylic acids is 2. The predicted molar refractivity (Wildman–Crippen MR) is 102 cm³/mol. The van der Waals surface area contributed by atoms with E-state index in [1.165, 1.54) is 11.3 Å². The van der Waals surface area contributed by atoms with Gasteiger partial charge in [-0.1, -0.05) is 11.3 Å². The topological polar surface area (TPSA) is 80.8 Å². The number of carbonyl (C=O) groups is 2. The number of thiazole rings is 1. The third-order valence-corrected chi connectivity index (χ3v) is 5.60. The Balaban J connectivity index is 1.75. The molecule has 138 valence electrons. The highest BCUT2D eigenvalue weighted by Gasteiger charge is 2.26. The number of nitrogens with one attached hydrogen (secondary N) is 1. The number of halogens is 1. The summed E-state index contributed by atoms with van der Waals surface area (Å²) in [5.41, 5.74) is 1.47. The summed E-state index contributed by atoms with van der Waals surface area (Å²) in [6.45, 7) is 3.07. The first-order valence-electron chi connectivity index (χ1n) is 8.07. The molecule has 0 aliphatic carbocycles. The Morgan fingerprint density at radius 3 is 2.96 bits per heavy atom. The van der Waals surface area contributed by atoms with Gasteiger partial charge in [0, 0.05) is 22.3 Å². The molecule has 0 bridgehead atoms. The lowest BCUT2D eigenvalue weighted by Gasteiger charge is -2.26. The van der Waals surface area contributed by atoms with Crippen LogP contribution >= 0.6 is 27.3 Å². The lowest BCUT2D eigenvalue weighted by molar-refractivity contribution is 0.0735. The highest BCUT2D eigenvalue weighted by atomic mass is 79.9. The van der Waals surface area contributed by atoms with Gasteiger partial charge in [0.1, 0.15) is 5.75 Å². The van der Waals surface area contributed by atoms with Crippen LogP contribution in [0.5, 0.6) is 5.75 Å². The van der Waals surface area contributed by atoms with Gasteiger partial charge in [0.2, 0.25) is 0 Å². The molecule has 26 heavy (non-hydrogen) atoms. The van der Waals surface area contributed by atoms with E-state index in [2.05, 4.69) is 26.2 Å². The van der Waals surface area contributed by atoms with E-state index in [1.54, 1.807) is 37.1 Å². The molecule has 0 spiro atoms. The summed E-state index contributed by atoms with van der Waals surface area (Å²) < 4.78 is 10.8. The van der Waals surface area contributed by atoms with E-state index in [-0.39, 0.29) is 5.91 Å². The molecule has 1 aromatic heterocycles. The monoisotopic (exact) mass is 439 g/mol. The van der Waals surface area contributed by atoms with Crippen molar-refractivity contribution in [2.45, 2.75) is 19.9 Å². The number of aromatic nitrogens is 1. The summed E-state index contributed by atoms with van der Waals surface area (Å²) in [4.78, 5) is 31.6. The first-order valence-corrected chi connectivity index (χ1v) is 9.68. The maximum absolute atomic E-state index is 12.9. The van der Waals surface area contributed by atoms with E-state index in [4.69, 9.17) is 9.47 Å². The fourth-order valence-corrected chi connectivity index (χ4v) is 4.07. The lowest BCUT2D eigenvalue weighted by Crippen LogP contribution is -2.35. The SMILES string of the molecule is CCOC(=O)Nc1nc2c(s1)CN(C(=O)c1cc(OC)ccc1Br)CC2. The van der Waals surface area contributed by atoms with Crippen LogP contribution in [0.3, 0.4) is 0 Å². The predicted octanol–water partition coefficient (Wildman–Crippen LogP) is 3.68.